The summed E-state index contributed by atoms with van der Waals surface area (Å²) >= 11 is 0. The molecule has 0 amide bonds. The lowest BCUT2D eigenvalue weighted by Crippen LogP contribution is -1.98. The van der Waals surface area contributed by atoms with Gasteiger partial charge in [-0.15, -0.1) is 0 Å². The second kappa shape index (κ2) is 3.34. The van der Waals surface area contributed by atoms with E-state index in [1.54, 1.807) is 0 Å². The van der Waals surface area contributed by atoms with Gasteiger partial charge in [-0.25, -0.2) is 8.78 Å². The van der Waals surface area contributed by atoms with Gasteiger partial charge in [-0.05, 0) is 6.07 Å². The van der Waals surface area contributed by atoms with Crippen molar-refractivity contribution in [1.82, 2.24) is 0 Å². The van der Waals surface area contributed by atoms with Crippen molar-refractivity contribution in [2.45, 2.75) is 6.42 Å². The van der Waals surface area contributed by atoms with E-state index < -0.39 is 17.6 Å². The molecule has 0 atom stereocenters. The number of fused-ring (bicyclic) bond motifs is 1. The van der Waals surface area contributed by atoms with Crippen molar-refractivity contribution in [3.05, 3.63) is 35.6 Å². The number of carbonyl (C=O) groups is 1. The molecule has 78 valence electrons. The first-order valence-corrected chi connectivity index (χ1v) is 4.15. The number of benzene rings is 1. The van der Waals surface area contributed by atoms with E-state index in [-0.39, 0.29) is 23.0 Å². The molecule has 0 saturated carbocycles. The van der Waals surface area contributed by atoms with Gasteiger partial charge in [-0.2, -0.15) is 0 Å². The van der Waals surface area contributed by atoms with E-state index in [1.807, 2.05) is 0 Å². The highest BCUT2D eigenvalue weighted by molar-refractivity contribution is 5.85. The first kappa shape index (κ1) is 9.64. The number of rotatable bonds is 2. The minimum atomic E-state index is -1.08. The van der Waals surface area contributed by atoms with Gasteiger partial charge in [0.2, 0.25) is 0 Å². The van der Waals surface area contributed by atoms with Crippen molar-refractivity contribution in [1.29, 1.82) is 0 Å². The molecule has 2 aromatic rings. The second-order valence-corrected chi connectivity index (χ2v) is 3.10. The Balaban J connectivity index is 2.63. The molecule has 0 aliphatic heterocycles. The Bertz CT molecular complexity index is 531. The molecular formula is C10H6F2O3. The molecule has 0 aliphatic rings. The predicted molar refractivity (Wildman–Crippen MR) is 47.5 cm³/mol. The van der Waals surface area contributed by atoms with Gasteiger partial charge in [0.25, 0.3) is 0 Å². The molecule has 1 aromatic carbocycles. The van der Waals surface area contributed by atoms with Gasteiger partial charge < -0.3 is 9.52 Å². The molecule has 0 fully saturated rings. The summed E-state index contributed by atoms with van der Waals surface area (Å²) in [6.07, 6.45) is 0.803. The number of aliphatic carboxylic acids is 1. The molecule has 0 saturated heterocycles. The normalized spacial score (nSPS) is 10.8. The third-order valence-electron chi connectivity index (χ3n) is 2.02. The van der Waals surface area contributed by atoms with Gasteiger partial charge in [0.15, 0.2) is 11.4 Å². The van der Waals surface area contributed by atoms with Crippen LogP contribution >= 0.6 is 0 Å². The lowest BCUT2D eigenvalue weighted by atomic mass is 10.1. The third kappa shape index (κ3) is 1.68. The molecule has 0 radical (unpaired) electrons. The van der Waals surface area contributed by atoms with Crippen LogP contribution in [-0.2, 0) is 11.2 Å². The Morgan fingerprint density at radius 3 is 2.80 bits per heavy atom. The van der Waals surface area contributed by atoms with Crippen molar-refractivity contribution in [2.75, 3.05) is 0 Å². The van der Waals surface area contributed by atoms with E-state index in [4.69, 9.17) is 9.52 Å². The Morgan fingerprint density at radius 2 is 2.13 bits per heavy atom. The van der Waals surface area contributed by atoms with Crippen molar-refractivity contribution in [3.8, 4) is 0 Å². The van der Waals surface area contributed by atoms with E-state index in [0.29, 0.717) is 6.07 Å². The van der Waals surface area contributed by atoms with Crippen LogP contribution in [0.2, 0.25) is 0 Å². The SMILES string of the molecule is O=C(O)Cc1coc2c(F)cc(F)cc12. The second-order valence-electron chi connectivity index (χ2n) is 3.10. The standard InChI is InChI=1S/C10H6F2O3/c11-6-2-7-5(1-9(13)14)4-15-10(7)8(12)3-6/h2-4H,1H2,(H,13,14). The van der Waals surface area contributed by atoms with Gasteiger partial charge in [0.1, 0.15) is 5.82 Å². The Kier molecular flexibility index (Phi) is 2.15. The molecule has 1 aromatic heterocycles. The van der Waals surface area contributed by atoms with Crippen LogP contribution in [0, 0.1) is 11.6 Å². The largest absolute Gasteiger partial charge is 0.481 e. The maximum Gasteiger partial charge on any atom is 0.307 e. The monoisotopic (exact) mass is 212 g/mol. The maximum absolute atomic E-state index is 13.1. The van der Waals surface area contributed by atoms with Crippen molar-refractivity contribution in [3.63, 3.8) is 0 Å². The number of hydrogen-bond acceptors (Lipinski definition) is 2. The minimum absolute atomic E-state index is 0.118. The minimum Gasteiger partial charge on any atom is -0.481 e. The molecule has 2 rings (SSSR count). The third-order valence-corrected chi connectivity index (χ3v) is 2.02. The summed E-state index contributed by atoms with van der Waals surface area (Å²) in [5, 5.41) is 8.72. The summed E-state index contributed by atoms with van der Waals surface area (Å²) in [6.45, 7) is 0. The van der Waals surface area contributed by atoms with Crippen molar-refractivity contribution in [2.24, 2.45) is 0 Å². The number of halogens is 2. The van der Waals surface area contributed by atoms with Gasteiger partial charge in [-0.3, -0.25) is 4.79 Å². The summed E-state index contributed by atoms with van der Waals surface area (Å²) < 4.78 is 30.8. The number of carboxylic acids is 1. The average Bonchev–Trinajstić information content (AvgIpc) is 2.48. The van der Waals surface area contributed by atoms with E-state index in [2.05, 4.69) is 0 Å². The number of carboxylic acid groups (broad SMARTS) is 1. The summed E-state index contributed by atoms with van der Waals surface area (Å²) in [7, 11) is 0. The zero-order chi connectivity index (χ0) is 11.0. The molecule has 1 heterocycles. The zero-order valence-corrected chi connectivity index (χ0v) is 7.46. The Labute approximate surface area is 82.9 Å². The summed E-state index contributed by atoms with van der Waals surface area (Å²) in [5.74, 6) is -2.67. The van der Waals surface area contributed by atoms with Crippen LogP contribution in [-0.4, -0.2) is 11.1 Å². The van der Waals surface area contributed by atoms with E-state index in [9.17, 15) is 13.6 Å². The van der Waals surface area contributed by atoms with Crippen LogP contribution in [0.1, 0.15) is 5.56 Å². The fourth-order valence-corrected chi connectivity index (χ4v) is 1.41. The van der Waals surface area contributed by atoms with Crippen LogP contribution in [0.4, 0.5) is 8.78 Å². The topological polar surface area (TPSA) is 50.4 Å². The predicted octanol–water partition coefficient (Wildman–Crippen LogP) is 2.34. The average molecular weight is 212 g/mol. The smallest absolute Gasteiger partial charge is 0.307 e. The van der Waals surface area contributed by atoms with Crippen LogP contribution < -0.4 is 0 Å². The molecule has 15 heavy (non-hydrogen) atoms. The Morgan fingerprint density at radius 1 is 1.40 bits per heavy atom. The molecule has 0 aliphatic carbocycles. The van der Waals surface area contributed by atoms with Crippen LogP contribution in [0.15, 0.2) is 22.8 Å². The van der Waals surface area contributed by atoms with Crippen LogP contribution in [0.3, 0.4) is 0 Å². The maximum atomic E-state index is 13.1. The highest BCUT2D eigenvalue weighted by atomic mass is 19.1. The molecular weight excluding hydrogens is 206 g/mol. The number of furan rings is 1. The van der Waals surface area contributed by atoms with Crippen molar-refractivity contribution >= 4 is 16.9 Å². The summed E-state index contributed by atoms with van der Waals surface area (Å²) in [4.78, 5) is 10.5. The van der Waals surface area contributed by atoms with E-state index >= 15 is 0 Å². The fourth-order valence-electron chi connectivity index (χ4n) is 1.41. The van der Waals surface area contributed by atoms with Crippen LogP contribution in [0.25, 0.3) is 11.0 Å². The lowest BCUT2D eigenvalue weighted by Gasteiger charge is -1.94. The van der Waals surface area contributed by atoms with Crippen molar-refractivity contribution < 1.29 is 23.1 Å². The quantitative estimate of drug-likeness (QED) is 0.831. The first-order chi connectivity index (χ1) is 7.08. The molecule has 0 bridgehead atoms. The summed E-state index contributed by atoms with van der Waals surface area (Å²) in [6, 6.07) is 1.75. The first-order valence-electron chi connectivity index (χ1n) is 4.15. The van der Waals surface area contributed by atoms with Gasteiger partial charge in [0, 0.05) is 17.0 Å². The molecule has 0 spiro atoms. The Hall–Kier alpha value is -1.91. The van der Waals surface area contributed by atoms with Gasteiger partial charge >= 0.3 is 5.97 Å². The van der Waals surface area contributed by atoms with Crippen LogP contribution in [0.5, 0.6) is 0 Å². The fraction of sp³-hybridized carbons (Fsp3) is 0.100. The molecule has 3 nitrogen and oxygen atoms in total. The van der Waals surface area contributed by atoms with E-state index in [0.717, 1.165) is 12.3 Å². The lowest BCUT2D eigenvalue weighted by molar-refractivity contribution is -0.136. The number of hydrogen-bond donors (Lipinski definition) is 1. The molecule has 0 unspecified atom stereocenters. The van der Waals surface area contributed by atoms with Gasteiger partial charge in [-0.1, -0.05) is 0 Å². The van der Waals surface area contributed by atoms with Gasteiger partial charge in [0.05, 0.1) is 12.7 Å². The summed E-state index contributed by atoms with van der Waals surface area (Å²) in [5.41, 5.74) is 0.142. The molecule has 5 heteroatoms. The highest BCUT2D eigenvalue weighted by Crippen LogP contribution is 2.25. The molecule has 1 N–H and O–H groups in total. The van der Waals surface area contributed by atoms with E-state index in [1.165, 1.54) is 0 Å². The highest BCUT2D eigenvalue weighted by Gasteiger charge is 2.13. The zero-order valence-electron chi connectivity index (χ0n) is 7.46.